The summed E-state index contributed by atoms with van der Waals surface area (Å²) in [5.74, 6) is 1.46. The minimum atomic E-state index is -0.497. The second-order valence-electron chi connectivity index (χ2n) is 6.89. The van der Waals surface area contributed by atoms with Gasteiger partial charge in [-0.05, 0) is 34.1 Å². The molecule has 1 amide bonds. The van der Waals surface area contributed by atoms with Crippen LogP contribution in [0.1, 0.15) is 46.9 Å². The number of carbonyl (C=O) groups excluding carboxylic acids is 1. The van der Waals surface area contributed by atoms with E-state index in [0.717, 1.165) is 18.8 Å². The summed E-state index contributed by atoms with van der Waals surface area (Å²) in [5.41, 5.74) is -0.497. The van der Waals surface area contributed by atoms with E-state index in [4.69, 9.17) is 4.74 Å². The number of aliphatic imine (C=N–C) groups is 1. The van der Waals surface area contributed by atoms with Crippen LogP contribution in [0, 0.1) is 0 Å². The Morgan fingerprint density at radius 3 is 2.58 bits per heavy atom. The zero-order chi connectivity index (χ0) is 19.6. The van der Waals surface area contributed by atoms with E-state index < -0.39 is 5.60 Å². The molecule has 0 radical (unpaired) electrons. The molecule has 148 valence electrons. The Balaban J connectivity index is 2.57. The van der Waals surface area contributed by atoms with Gasteiger partial charge in [0.15, 0.2) is 5.96 Å². The standard InChI is InChI=1S/C17H33N7O2/c1-7-10-24(16(25)26-17(3,4)5)11-9-19-15(18-8-2)20-12-14-21-13-22-23(14)6/h13H,7-12H2,1-6H3,(H2,18,19,20). The number of hydrogen-bond donors (Lipinski definition) is 2. The zero-order valence-corrected chi connectivity index (χ0v) is 16.9. The maximum Gasteiger partial charge on any atom is 0.410 e. The van der Waals surface area contributed by atoms with Crippen LogP contribution in [-0.2, 0) is 18.3 Å². The molecule has 0 unspecified atom stereocenters. The third kappa shape index (κ3) is 8.17. The van der Waals surface area contributed by atoms with Gasteiger partial charge in [-0.1, -0.05) is 6.92 Å². The van der Waals surface area contributed by atoms with Gasteiger partial charge in [-0.3, -0.25) is 4.68 Å². The van der Waals surface area contributed by atoms with E-state index in [1.807, 2.05) is 41.7 Å². The van der Waals surface area contributed by atoms with E-state index in [9.17, 15) is 4.79 Å². The molecule has 2 N–H and O–H groups in total. The van der Waals surface area contributed by atoms with E-state index >= 15 is 0 Å². The van der Waals surface area contributed by atoms with E-state index in [1.165, 1.54) is 6.33 Å². The molecule has 0 saturated heterocycles. The molecule has 9 nitrogen and oxygen atoms in total. The third-order valence-electron chi connectivity index (χ3n) is 3.35. The molecular weight excluding hydrogens is 334 g/mol. The van der Waals surface area contributed by atoms with Crippen molar-refractivity contribution in [2.24, 2.45) is 12.0 Å². The van der Waals surface area contributed by atoms with Gasteiger partial charge < -0.3 is 20.3 Å². The number of nitrogens with one attached hydrogen (secondary N) is 2. The van der Waals surface area contributed by atoms with Crippen LogP contribution in [0.4, 0.5) is 4.79 Å². The lowest BCUT2D eigenvalue weighted by atomic mass is 10.2. The number of carbonyl (C=O) groups is 1. The molecule has 9 heteroatoms. The minimum absolute atomic E-state index is 0.290. The molecule has 26 heavy (non-hydrogen) atoms. The highest BCUT2D eigenvalue weighted by Crippen LogP contribution is 2.10. The third-order valence-corrected chi connectivity index (χ3v) is 3.35. The average Bonchev–Trinajstić information content (AvgIpc) is 2.95. The molecular formula is C17H33N7O2. The van der Waals surface area contributed by atoms with Gasteiger partial charge in [0.2, 0.25) is 0 Å². The lowest BCUT2D eigenvalue weighted by Gasteiger charge is -2.27. The van der Waals surface area contributed by atoms with Crippen LogP contribution in [0.5, 0.6) is 0 Å². The summed E-state index contributed by atoms with van der Waals surface area (Å²) in [6.45, 7) is 12.6. The second-order valence-corrected chi connectivity index (χ2v) is 6.89. The number of nitrogens with zero attached hydrogens (tertiary/aromatic N) is 5. The Hall–Kier alpha value is -2.32. The van der Waals surface area contributed by atoms with Crippen molar-refractivity contribution in [3.63, 3.8) is 0 Å². The van der Waals surface area contributed by atoms with E-state index in [1.54, 1.807) is 9.58 Å². The molecule has 0 aliphatic heterocycles. The van der Waals surface area contributed by atoms with Crippen LogP contribution < -0.4 is 10.6 Å². The van der Waals surface area contributed by atoms with Crippen LogP contribution in [-0.4, -0.2) is 63.5 Å². The van der Waals surface area contributed by atoms with E-state index in [0.29, 0.717) is 32.1 Å². The smallest absolute Gasteiger partial charge is 0.410 e. The normalized spacial score (nSPS) is 12.0. The quantitative estimate of drug-likeness (QED) is 0.534. The Morgan fingerprint density at radius 2 is 2.04 bits per heavy atom. The van der Waals surface area contributed by atoms with Crippen molar-refractivity contribution in [1.29, 1.82) is 0 Å². The number of guanidine groups is 1. The number of aromatic nitrogens is 3. The maximum absolute atomic E-state index is 12.3. The number of hydrogen-bond acceptors (Lipinski definition) is 5. The number of ether oxygens (including phenoxy) is 1. The molecule has 1 aromatic heterocycles. The Labute approximate surface area is 156 Å². The monoisotopic (exact) mass is 367 g/mol. The van der Waals surface area contributed by atoms with Gasteiger partial charge in [0.1, 0.15) is 24.3 Å². The first kappa shape index (κ1) is 21.7. The van der Waals surface area contributed by atoms with Crippen LogP contribution in [0.2, 0.25) is 0 Å². The summed E-state index contributed by atoms with van der Waals surface area (Å²) in [5, 5.41) is 10.5. The molecule has 1 aromatic rings. The highest BCUT2D eigenvalue weighted by atomic mass is 16.6. The molecule has 0 saturated carbocycles. The van der Waals surface area contributed by atoms with Crippen LogP contribution >= 0.6 is 0 Å². The first-order valence-corrected chi connectivity index (χ1v) is 9.09. The molecule has 0 aliphatic carbocycles. The highest BCUT2D eigenvalue weighted by molar-refractivity contribution is 5.79. The van der Waals surface area contributed by atoms with E-state index in [-0.39, 0.29) is 6.09 Å². The SMILES string of the molecule is CCCN(CCNC(=NCc1ncnn1C)NCC)C(=O)OC(C)(C)C. The Kier molecular flexibility index (Phi) is 8.87. The molecule has 0 aliphatic rings. The number of rotatable bonds is 8. The van der Waals surface area contributed by atoms with Crippen LogP contribution in [0.15, 0.2) is 11.3 Å². The van der Waals surface area contributed by atoms with Crippen LogP contribution in [0.3, 0.4) is 0 Å². The fourth-order valence-corrected chi connectivity index (χ4v) is 2.15. The lowest BCUT2D eigenvalue weighted by molar-refractivity contribution is 0.0253. The van der Waals surface area contributed by atoms with Crippen molar-refractivity contribution < 1.29 is 9.53 Å². The maximum atomic E-state index is 12.3. The number of aryl methyl sites for hydroxylation is 1. The fourth-order valence-electron chi connectivity index (χ4n) is 2.15. The van der Waals surface area contributed by atoms with Gasteiger partial charge in [0.25, 0.3) is 0 Å². The molecule has 0 fully saturated rings. The van der Waals surface area contributed by atoms with Crippen molar-refractivity contribution >= 4 is 12.1 Å². The first-order valence-electron chi connectivity index (χ1n) is 9.09. The van der Waals surface area contributed by atoms with Crippen molar-refractivity contribution in [3.8, 4) is 0 Å². The van der Waals surface area contributed by atoms with Crippen molar-refractivity contribution in [2.45, 2.75) is 53.2 Å². The van der Waals surface area contributed by atoms with Gasteiger partial charge in [-0.25, -0.2) is 14.8 Å². The van der Waals surface area contributed by atoms with Gasteiger partial charge in [0.05, 0.1) is 0 Å². The predicted octanol–water partition coefficient (Wildman–Crippen LogP) is 1.52. The predicted molar refractivity (Wildman–Crippen MR) is 102 cm³/mol. The summed E-state index contributed by atoms with van der Waals surface area (Å²) >= 11 is 0. The van der Waals surface area contributed by atoms with Gasteiger partial charge in [-0.2, -0.15) is 5.10 Å². The first-order chi connectivity index (χ1) is 12.3. The van der Waals surface area contributed by atoms with Gasteiger partial charge in [0, 0.05) is 33.2 Å². The molecule has 0 aromatic carbocycles. The molecule has 1 heterocycles. The van der Waals surface area contributed by atoms with E-state index in [2.05, 4.69) is 25.7 Å². The lowest BCUT2D eigenvalue weighted by Crippen LogP contribution is -2.44. The number of amides is 1. The fraction of sp³-hybridized carbons (Fsp3) is 0.765. The molecule has 0 spiro atoms. The van der Waals surface area contributed by atoms with Crippen molar-refractivity contribution in [3.05, 3.63) is 12.2 Å². The van der Waals surface area contributed by atoms with Crippen LogP contribution in [0.25, 0.3) is 0 Å². The topological polar surface area (TPSA) is 96.7 Å². The Bertz CT molecular complexity index is 578. The highest BCUT2D eigenvalue weighted by Gasteiger charge is 2.21. The van der Waals surface area contributed by atoms with Gasteiger partial charge >= 0.3 is 6.09 Å². The summed E-state index contributed by atoms with van der Waals surface area (Å²) in [6.07, 6.45) is 2.09. The summed E-state index contributed by atoms with van der Waals surface area (Å²) in [7, 11) is 1.83. The van der Waals surface area contributed by atoms with Crippen molar-refractivity contribution in [1.82, 2.24) is 30.3 Å². The molecule has 1 rings (SSSR count). The zero-order valence-electron chi connectivity index (χ0n) is 16.9. The summed E-state index contributed by atoms with van der Waals surface area (Å²) < 4.78 is 7.16. The summed E-state index contributed by atoms with van der Waals surface area (Å²) in [6, 6.07) is 0. The Morgan fingerprint density at radius 1 is 1.31 bits per heavy atom. The largest absolute Gasteiger partial charge is 0.444 e. The summed E-state index contributed by atoms with van der Waals surface area (Å²) in [4.78, 5) is 22.7. The average molecular weight is 367 g/mol. The second kappa shape index (κ2) is 10.6. The molecule has 0 bridgehead atoms. The van der Waals surface area contributed by atoms with Gasteiger partial charge in [-0.15, -0.1) is 0 Å². The minimum Gasteiger partial charge on any atom is -0.444 e. The molecule has 0 atom stereocenters. The van der Waals surface area contributed by atoms with Crippen molar-refractivity contribution in [2.75, 3.05) is 26.2 Å².